The number of halogens is 13. The molecule has 0 spiro atoms. The maximum Gasteiger partial charge on any atom is 0.460 e. The molecule has 0 aliphatic carbocycles. The zero-order valence-electron chi connectivity index (χ0n) is 12.2. The molecule has 0 atom stereocenters. The molecular formula is C13H4F13N. The van der Waals surface area contributed by atoms with Gasteiger partial charge in [0, 0.05) is 5.56 Å². The number of nitriles is 1. The van der Waals surface area contributed by atoms with Crippen LogP contribution in [0.3, 0.4) is 0 Å². The van der Waals surface area contributed by atoms with E-state index in [0.29, 0.717) is 12.1 Å². The molecule has 152 valence electrons. The summed E-state index contributed by atoms with van der Waals surface area (Å²) in [5.74, 6) is -37.2. The van der Waals surface area contributed by atoms with Gasteiger partial charge >= 0.3 is 35.8 Å². The van der Waals surface area contributed by atoms with Crippen molar-refractivity contribution in [3.63, 3.8) is 0 Å². The van der Waals surface area contributed by atoms with Crippen molar-refractivity contribution in [1.29, 1.82) is 5.26 Å². The van der Waals surface area contributed by atoms with Gasteiger partial charge in [-0.05, 0) is 12.1 Å². The van der Waals surface area contributed by atoms with Crippen LogP contribution in [0.25, 0.3) is 0 Å². The van der Waals surface area contributed by atoms with Crippen LogP contribution in [0.1, 0.15) is 11.1 Å². The lowest BCUT2D eigenvalue weighted by atomic mass is 9.90. The summed E-state index contributed by atoms with van der Waals surface area (Å²) in [5.41, 5.74) is -2.59. The van der Waals surface area contributed by atoms with E-state index in [0.717, 1.165) is 0 Å². The molecule has 0 unspecified atom stereocenters. The highest BCUT2D eigenvalue weighted by Crippen LogP contribution is 2.61. The second-order valence-corrected chi connectivity index (χ2v) is 5.06. The number of alkyl halides is 13. The van der Waals surface area contributed by atoms with Gasteiger partial charge in [0.2, 0.25) is 0 Å². The Kier molecular flexibility index (Phi) is 5.21. The average Bonchev–Trinajstić information content (AvgIpc) is 2.53. The molecule has 0 amide bonds. The van der Waals surface area contributed by atoms with E-state index in [4.69, 9.17) is 5.26 Å². The third-order valence-corrected chi connectivity index (χ3v) is 3.31. The molecular weight excluding hydrogens is 417 g/mol. The fraction of sp³-hybridized carbons (Fsp3) is 0.462. The van der Waals surface area contributed by atoms with E-state index < -0.39 is 46.9 Å². The van der Waals surface area contributed by atoms with Gasteiger partial charge in [0.05, 0.1) is 11.6 Å². The van der Waals surface area contributed by atoms with Gasteiger partial charge in [-0.2, -0.15) is 62.3 Å². The minimum absolute atomic E-state index is 0.0808. The molecule has 0 heterocycles. The smallest absolute Gasteiger partial charge is 0.194 e. The van der Waals surface area contributed by atoms with Crippen molar-refractivity contribution in [2.24, 2.45) is 0 Å². The first kappa shape index (κ1) is 22.8. The fourth-order valence-corrected chi connectivity index (χ4v) is 1.70. The summed E-state index contributed by atoms with van der Waals surface area (Å²) in [7, 11) is 0. The van der Waals surface area contributed by atoms with E-state index in [9.17, 15) is 57.1 Å². The molecule has 27 heavy (non-hydrogen) atoms. The molecule has 0 aromatic heterocycles. The zero-order chi connectivity index (χ0) is 21.7. The summed E-state index contributed by atoms with van der Waals surface area (Å²) in [5, 5.41) is 8.40. The number of hydrogen-bond acceptors (Lipinski definition) is 1. The van der Waals surface area contributed by atoms with Crippen LogP contribution >= 0.6 is 0 Å². The minimum atomic E-state index is -7.93. The Labute approximate surface area is 141 Å². The van der Waals surface area contributed by atoms with E-state index in [1.807, 2.05) is 0 Å². The third-order valence-electron chi connectivity index (χ3n) is 3.31. The maximum atomic E-state index is 13.7. The lowest BCUT2D eigenvalue weighted by molar-refractivity contribution is -0.441. The Morgan fingerprint density at radius 1 is 0.556 bits per heavy atom. The maximum absolute atomic E-state index is 13.7. The first-order chi connectivity index (χ1) is 11.8. The Balaban J connectivity index is 3.55. The molecule has 14 heteroatoms. The van der Waals surface area contributed by atoms with Crippen LogP contribution in [0.2, 0.25) is 0 Å². The minimum Gasteiger partial charge on any atom is -0.194 e. The first-order valence-corrected chi connectivity index (χ1v) is 6.25. The van der Waals surface area contributed by atoms with Gasteiger partial charge in [-0.25, -0.2) is 0 Å². The molecule has 0 saturated carbocycles. The molecule has 1 rings (SSSR count). The van der Waals surface area contributed by atoms with E-state index >= 15 is 0 Å². The largest absolute Gasteiger partial charge is 0.460 e. The van der Waals surface area contributed by atoms with Gasteiger partial charge < -0.3 is 0 Å². The summed E-state index contributed by atoms with van der Waals surface area (Å²) in [6.07, 6.45) is -7.44. The Bertz CT molecular complexity index is 724. The molecule has 0 aliphatic rings. The molecule has 0 saturated heterocycles. The second kappa shape index (κ2) is 6.16. The van der Waals surface area contributed by atoms with Crippen molar-refractivity contribution in [2.75, 3.05) is 0 Å². The quantitative estimate of drug-likeness (QED) is 0.556. The number of rotatable bonds is 5. The predicted octanol–water partition coefficient (Wildman–Crippen LogP) is 5.75. The number of hydrogen-bond donors (Lipinski definition) is 0. The SMILES string of the molecule is N#Cc1ccc(C(F)(F)C(F)(F)C(F)(F)C(F)(F)C(F)(F)C(F)(F)F)cc1. The molecule has 1 nitrogen and oxygen atoms in total. The summed E-state index contributed by atoms with van der Waals surface area (Å²) in [6, 6.07) is 1.90. The van der Waals surface area contributed by atoms with E-state index in [1.165, 1.54) is 6.07 Å². The van der Waals surface area contributed by atoms with Gasteiger partial charge in [-0.1, -0.05) is 12.1 Å². The first-order valence-electron chi connectivity index (χ1n) is 6.25. The van der Waals surface area contributed by atoms with Gasteiger partial charge in [-0.15, -0.1) is 0 Å². The van der Waals surface area contributed by atoms with Crippen LogP contribution in [0, 0.1) is 11.3 Å². The van der Waals surface area contributed by atoms with Gasteiger partial charge in [-0.3, -0.25) is 0 Å². The molecule has 1 aromatic rings. The van der Waals surface area contributed by atoms with Crippen molar-refractivity contribution in [1.82, 2.24) is 0 Å². The molecule has 0 N–H and O–H groups in total. The highest BCUT2D eigenvalue weighted by Gasteiger charge is 2.90. The van der Waals surface area contributed by atoms with Crippen molar-refractivity contribution >= 4 is 0 Å². The summed E-state index contributed by atoms with van der Waals surface area (Å²) < 4.78 is 168. The van der Waals surface area contributed by atoms with Crippen LogP contribution in [-0.4, -0.2) is 29.9 Å². The molecule has 1 aromatic carbocycles. The van der Waals surface area contributed by atoms with Gasteiger partial charge in [0.25, 0.3) is 0 Å². The summed E-state index contributed by atoms with van der Waals surface area (Å²) in [4.78, 5) is 0. The summed E-state index contributed by atoms with van der Waals surface area (Å²) >= 11 is 0. The Morgan fingerprint density at radius 2 is 0.926 bits per heavy atom. The standard InChI is InChI=1S/C13H4F13N/c14-8(15,7-3-1-6(5-27)2-4-7)9(16,17)10(18,19)11(20,21)12(22,23)13(24,25)26/h1-4H. The molecule has 0 fully saturated rings. The predicted molar refractivity (Wildman–Crippen MR) is 60.9 cm³/mol. The third kappa shape index (κ3) is 3.06. The fourth-order valence-electron chi connectivity index (χ4n) is 1.70. The van der Waals surface area contributed by atoms with Crippen molar-refractivity contribution < 1.29 is 57.1 Å². The van der Waals surface area contributed by atoms with Crippen LogP contribution in [0.4, 0.5) is 57.1 Å². The van der Waals surface area contributed by atoms with Gasteiger partial charge in [0.1, 0.15) is 0 Å². The summed E-state index contributed by atoms with van der Waals surface area (Å²) in [6.45, 7) is 0. The second-order valence-electron chi connectivity index (χ2n) is 5.06. The van der Waals surface area contributed by atoms with Crippen LogP contribution in [0.15, 0.2) is 24.3 Å². The van der Waals surface area contributed by atoms with Gasteiger partial charge in [0.15, 0.2) is 0 Å². The molecule has 0 bridgehead atoms. The zero-order valence-corrected chi connectivity index (χ0v) is 12.2. The van der Waals surface area contributed by atoms with Crippen molar-refractivity contribution in [2.45, 2.75) is 35.8 Å². The van der Waals surface area contributed by atoms with E-state index in [2.05, 4.69) is 0 Å². The normalized spacial score (nSPS) is 14.8. The van der Waals surface area contributed by atoms with Crippen LogP contribution in [0.5, 0.6) is 0 Å². The van der Waals surface area contributed by atoms with E-state index in [1.54, 1.807) is 0 Å². The van der Waals surface area contributed by atoms with Crippen molar-refractivity contribution in [3.8, 4) is 6.07 Å². The number of nitrogens with zero attached hydrogens (tertiary/aromatic N) is 1. The van der Waals surface area contributed by atoms with Crippen LogP contribution < -0.4 is 0 Å². The highest BCUT2D eigenvalue weighted by molar-refractivity contribution is 5.35. The van der Waals surface area contributed by atoms with E-state index in [-0.39, 0.29) is 12.1 Å². The lowest BCUT2D eigenvalue weighted by Gasteiger charge is -2.39. The highest BCUT2D eigenvalue weighted by atomic mass is 19.4. The molecule has 0 aliphatic heterocycles. The monoisotopic (exact) mass is 421 g/mol. The molecule has 0 radical (unpaired) electrons. The Morgan fingerprint density at radius 3 is 1.26 bits per heavy atom. The van der Waals surface area contributed by atoms with Crippen LogP contribution in [-0.2, 0) is 5.92 Å². The average molecular weight is 421 g/mol. The van der Waals surface area contributed by atoms with Crippen molar-refractivity contribution in [3.05, 3.63) is 35.4 Å². The number of benzene rings is 1. The topological polar surface area (TPSA) is 23.8 Å². The Hall–Kier alpha value is -2.20. The lowest BCUT2D eigenvalue weighted by Crippen LogP contribution is -2.69.